The molecule has 27 heavy (non-hydrogen) atoms. The van der Waals surface area contributed by atoms with Gasteiger partial charge in [-0.05, 0) is 62.9 Å². The van der Waals surface area contributed by atoms with Gasteiger partial charge in [-0.3, -0.25) is 9.59 Å². The second-order valence-corrected chi connectivity index (χ2v) is 8.19. The zero-order valence-electron chi connectivity index (χ0n) is 15.9. The molecular formula is C20H25N3O3S. The number of carbonyl (C=O) groups excluding carboxylic acids is 1. The van der Waals surface area contributed by atoms with E-state index in [0.717, 1.165) is 36.3 Å². The fraction of sp³-hybridized carbons (Fsp3) is 0.450. The topological polar surface area (TPSA) is 73.2 Å². The first kappa shape index (κ1) is 19.6. The molecule has 6 nitrogen and oxygen atoms in total. The van der Waals surface area contributed by atoms with Crippen LogP contribution in [0.25, 0.3) is 5.69 Å². The maximum atomic E-state index is 12.3. The molecule has 1 aliphatic heterocycles. The normalized spacial score (nSPS) is 17.7. The molecule has 1 saturated heterocycles. The van der Waals surface area contributed by atoms with Crippen molar-refractivity contribution in [1.29, 1.82) is 0 Å². The minimum Gasteiger partial charge on any atom is -0.376 e. The fourth-order valence-corrected chi connectivity index (χ4v) is 3.73. The number of aryl methyl sites for hydroxylation is 2. The number of amides is 1. The zero-order valence-corrected chi connectivity index (χ0v) is 16.7. The smallest absolute Gasteiger partial charge is 0.271 e. The molecule has 0 unspecified atom stereocenters. The first-order valence-corrected chi connectivity index (χ1v) is 10.1. The summed E-state index contributed by atoms with van der Waals surface area (Å²) < 4.78 is 6.91. The first-order valence-electron chi connectivity index (χ1n) is 9.18. The molecule has 0 aliphatic carbocycles. The Labute approximate surface area is 163 Å². The van der Waals surface area contributed by atoms with Crippen LogP contribution in [0.2, 0.25) is 0 Å². The monoisotopic (exact) mass is 387 g/mol. The van der Waals surface area contributed by atoms with E-state index in [0.29, 0.717) is 11.6 Å². The van der Waals surface area contributed by atoms with Crippen LogP contribution in [-0.4, -0.2) is 40.2 Å². The van der Waals surface area contributed by atoms with Gasteiger partial charge in [-0.1, -0.05) is 17.8 Å². The molecule has 2 aromatic rings. The quantitative estimate of drug-likeness (QED) is 0.772. The lowest BCUT2D eigenvalue weighted by atomic mass is 10.1. The van der Waals surface area contributed by atoms with Gasteiger partial charge in [0.25, 0.3) is 5.56 Å². The Balaban J connectivity index is 1.68. The van der Waals surface area contributed by atoms with E-state index in [1.54, 1.807) is 6.07 Å². The molecule has 1 fully saturated rings. The van der Waals surface area contributed by atoms with E-state index in [-0.39, 0.29) is 22.8 Å². The third-order valence-corrected chi connectivity index (χ3v) is 5.73. The Kier molecular flexibility index (Phi) is 6.34. The highest BCUT2D eigenvalue weighted by molar-refractivity contribution is 8.00. The molecule has 3 rings (SSSR count). The first-order chi connectivity index (χ1) is 12.9. The Hall–Kier alpha value is -2.12. The van der Waals surface area contributed by atoms with Gasteiger partial charge in [-0.15, -0.1) is 0 Å². The third-order valence-electron chi connectivity index (χ3n) is 4.71. The summed E-state index contributed by atoms with van der Waals surface area (Å²) in [5.74, 6) is -0.0544. The number of nitrogens with zero attached hydrogens (tertiary/aromatic N) is 2. The molecule has 144 valence electrons. The molecule has 0 bridgehead atoms. The predicted octanol–water partition coefficient (Wildman–Crippen LogP) is 2.63. The summed E-state index contributed by atoms with van der Waals surface area (Å²) >= 11 is 1.34. The molecule has 2 heterocycles. The Morgan fingerprint density at radius 3 is 2.85 bits per heavy atom. The average molecular weight is 388 g/mol. The minimum atomic E-state index is -0.315. The van der Waals surface area contributed by atoms with Crippen molar-refractivity contribution in [2.75, 3.05) is 13.2 Å². The summed E-state index contributed by atoms with van der Waals surface area (Å²) in [6.07, 6.45) is 2.16. The molecule has 1 aromatic heterocycles. The summed E-state index contributed by atoms with van der Waals surface area (Å²) in [6.45, 7) is 7.18. The Bertz CT molecular complexity index is 875. The van der Waals surface area contributed by atoms with Gasteiger partial charge in [0.2, 0.25) is 5.91 Å². The lowest BCUT2D eigenvalue weighted by molar-refractivity contribution is -0.120. The van der Waals surface area contributed by atoms with Crippen LogP contribution in [0.15, 0.2) is 40.2 Å². The number of rotatable bonds is 6. The highest BCUT2D eigenvalue weighted by atomic mass is 32.2. The summed E-state index contributed by atoms with van der Waals surface area (Å²) in [6, 6.07) is 8.94. The van der Waals surface area contributed by atoms with Crippen LogP contribution < -0.4 is 10.9 Å². The number of carbonyl (C=O) groups is 1. The molecule has 2 atom stereocenters. The van der Waals surface area contributed by atoms with Crippen molar-refractivity contribution in [2.24, 2.45) is 0 Å². The van der Waals surface area contributed by atoms with Gasteiger partial charge in [0.15, 0.2) is 0 Å². The van der Waals surface area contributed by atoms with Crippen LogP contribution in [0, 0.1) is 13.8 Å². The van der Waals surface area contributed by atoms with Crippen LogP contribution in [-0.2, 0) is 9.53 Å². The number of nitrogens with one attached hydrogen (secondary N) is 1. The van der Waals surface area contributed by atoms with Crippen molar-refractivity contribution in [3.8, 4) is 5.69 Å². The largest absolute Gasteiger partial charge is 0.376 e. The van der Waals surface area contributed by atoms with Crippen LogP contribution in [0.1, 0.15) is 30.9 Å². The summed E-state index contributed by atoms with van der Waals surface area (Å²) in [4.78, 5) is 24.6. The summed E-state index contributed by atoms with van der Waals surface area (Å²) in [5, 5.41) is 7.69. The number of benzene rings is 1. The summed E-state index contributed by atoms with van der Waals surface area (Å²) in [5.41, 5.74) is 2.79. The van der Waals surface area contributed by atoms with E-state index in [1.807, 2.05) is 39.0 Å². The fourth-order valence-electron chi connectivity index (χ4n) is 2.90. The Morgan fingerprint density at radius 2 is 2.15 bits per heavy atom. The molecule has 0 radical (unpaired) electrons. The van der Waals surface area contributed by atoms with Crippen LogP contribution in [0.4, 0.5) is 0 Å². The Morgan fingerprint density at radius 1 is 1.33 bits per heavy atom. The molecule has 0 saturated carbocycles. The van der Waals surface area contributed by atoms with E-state index in [9.17, 15) is 9.59 Å². The second-order valence-electron chi connectivity index (χ2n) is 6.83. The van der Waals surface area contributed by atoms with E-state index < -0.39 is 0 Å². The molecule has 1 amide bonds. The maximum Gasteiger partial charge on any atom is 0.271 e. The number of aromatic nitrogens is 2. The van der Waals surface area contributed by atoms with Crippen molar-refractivity contribution in [3.05, 3.63) is 51.8 Å². The SMILES string of the molecule is Cc1ccc(-n2nc(S[C@@H](C)C(=O)NC[C@@H]3CCCO3)ccc2=O)cc1C. The number of hydrogen-bond donors (Lipinski definition) is 1. The number of ether oxygens (including phenoxy) is 1. The van der Waals surface area contributed by atoms with E-state index in [2.05, 4.69) is 10.4 Å². The van der Waals surface area contributed by atoms with Gasteiger partial charge < -0.3 is 10.1 Å². The molecule has 0 spiro atoms. The average Bonchev–Trinajstić information content (AvgIpc) is 3.17. The van der Waals surface area contributed by atoms with Gasteiger partial charge in [-0.2, -0.15) is 9.78 Å². The minimum absolute atomic E-state index is 0.0544. The maximum absolute atomic E-state index is 12.3. The van der Waals surface area contributed by atoms with E-state index >= 15 is 0 Å². The predicted molar refractivity (Wildman–Crippen MR) is 107 cm³/mol. The van der Waals surface area contributed by atoms with Crippen LogP contribution >= 0.6 is 11.8 Å². The lowest BCUT2D eigenvalue weighted by Gasteiger charge is -2.15. The van der Waals surface area contributed by atoms with Gasteiger partial charge >= 0.3 is 0 Å². The summed E-state index contributed by atoms with van der Waals surface area (Å²) in [7, 11) is 0. The lowest BCUT2D eigenvalue weighted by Crippen LogP contribution is -2.36. The van der Waals surface area contributed by atoms with E-state index in [1.165, 1.54) is 22.5 Å². The molecular weight excluding hydrogens is 362 g/mol. The molecule has 1 aliphatic rings. The highest BCUT2D eigenvalue weighted by Gasteiger charge is 2.20. The van der Waals surface area contributed by atoms with Crippen molar-refractivity contribution in [1.82, 2.24) is 15.1 Å². The van der Waals surface area contributed by atoms with Gasteiger partial charge in [0, 0.05) is 19.2 Å². The van der Waals surface area contributed by atoms with Crippen LogP contribution in [0.5, 0.6) is 0 Å². The standard InChI is InChI=1S/C20H25N3O3S/c1-13-6-7-16(11-14(13)2)23-19(24)9-8-18(22-23)27-15(3)20(25)21-12-17-5-4-10-26-17/h6-9,11,15,17H,4-5,10,12H2,1-3H3,(H,21,25)/t15-,17-/m0/s1. The number of hydrogen-bond acceptors (Lipinski definition) is 5. The second kappa shape index (κ2) is 8.71. The number of thioether (sulfide) groups is 1. The zero-order chi connectivity index (χ0) is 19.4. The van der Waals surface area contributed by atoms with Crippen molar-refractivity contribution < 1.29 is 9.53 Å². The van der Waals surface area contributed by atoms with Crippen molar-refractivity contribution >= 4 is 17.7 Å². The third kappa shape index (κ3) is 4.99. The van der Waals surface area contributed by atoms with Crippen LogP contribution in [0.3, 0.4) is 0 Å². The molecule has 1 aromatic carbocycles. The van der Waals surface area contributed by atoms with E-state index in [4.69, 9.17) is 4.74 Å². The van der Waals surface area contributed by atoms with Gasteiger partial charge in [0.1, 0.15) is 5.03 Å². The highest BCUT2D eigenvalue weighted by Crippen LogP contribution is 2.21. The van der Waals surface area contributed by atoms with Crippen molar-refractivity contribution in [2.45, 2.75) is 50.0 Å². The van der Waals surface area contributed by atoms with Crippen molar-refractivity contribution in [3.63, 3.8) is 0 Å². The van der Waals surface area contributed by atoms with Gasteiger partial charge in [0.05, 0.1) is 17.0 Å². The molecule has 7 heteroatoms. The molecule has 1 N–H and O–H groups in total. The van der Waals surface area contributed by atoms with Gasteiger partial charge in [-0.25, -0.2) is 0 Å².